The van der Waals surface area contributed by atoms with E-state index in [9.17, 15) is 4.79 Å². The van der Waals surface area contributed by atoms with Crippen LogP contribution in [-0.2, 0) is 9.53 Å². The number of hydrogen-bond donors (Lipinski definition) is 0. The van der Waals surface area contributed by atoms with Gasteiger partial charge >= 0.3 is 5.97 Å². The van der Waals surface area contributed by atoms with Crippen LogP contribution in [0.25, 0.3) is 0 Å². The Morgan fingerprint density at radius 2 is 1.67 bits per heavy atom. The van der Waals surface area contributed by atoms with Crippen molar-refractivity contribution in [2.75, 3.05) is 0 Å². The lowest BCUT2D eigenvalue weighted by molar-refractivity contribution is -0.169. The molecule has 0 aromatic rings. The Hall–Kier alpha value is -0.790. The zero-order valence-electron chi connectivity index (χ0n) is 13.9. The summed E-state index contributed by atoms with van der Waals surface area (Å²) in [6.45, 7) is 6.14. The van der Waals surface area contributed by atoms with Gasteiger partial charge in [-0.25, -0.2) is 4.79 Å². The number of allylic oxidation sites excluding steroid dienone is 1. The molecule has 4 aliphatic rings. The van der Waals surface area contributed by atoms with Crippen LogP contribution in [0.4, 0.5) is 0 Å². The van der Waals surface area contributed by atoms with E-state index in [0.717, 1.165) is 36.2 Å². The van der Waals surface area contributed by atoms with E-state index in [2.05, 4.69) is 13.8 Å². The van der Waals surface area contributed by atoms with Crippen LogP contribution in [0.3, 0.4) is 0 Å². The number of esters is 1. The van der Waals surface area contributed by atoms with E-state index in [1.807, 2.05) is 13.0 Å². The summed E-state index contributed by atoms with van der Waals surface area (Å²) in [6, 6.07) is 0. The van der Waals surface area contributed by atoms with Gasteiger partial charge in [-0.2, -0.15) is 0 Å². The molecule has 4 rings (SSSR count). The Morgan fingerprint density at radius 3 is 2.10 bits per heavy atom. The van der Waals surface area contributed by atoms with Crippen LogP contribution in [0.2, 0.25) is 0 Å². The molecule has 0 amide bonds. The number of hydrogen-bond acceptors (Lipinski definition) is 2. The summed E-state index contributed by atoms with van der Waals surface area (Å²) in [5.41, 5.74) is 1.09. The molecule has 4 aliphatic carbocycles. The molecular weight excluding hydrogens is 260 g/mol. The third-order valence-corrected chi connectivity index (χ3v) is 6.22. The predicted octanol–water partition coefficient (Wildman–Crippen LogP) is 4.88. The quantitative estimate of drug-likeness (QED) is 0.533. The van der Waals surface area contributed by atoms with Crippen molar-refractivity contribution in [1.29, 1.82) is 0 Å². The Bertz CT molecular complexity index is 400. The first-order valence-corrected chi connectivity index (χ1v) is 8.94. The summed E-state index contributed by atoms with van der Waals surface area (Å²) in [5, 5.41) is 0. The first kappa shape index (κ1) is 15.1. The maximum Gasteiger partial charge on any atom is 0.333 e. The summed E-state index contributed by atoms with van der Waals surface area (Å²) >= 11 is 0. The fraction of sp³-hybridized carbons (Fsp3) is 0.842. The fourth-order valence-corrected chi connectivity index (χ4v) is 5.82. The van der Waals surface area contributed by atoms with Gasteiger partial charge in [0.15, 0.2) is 0 Å². The molecule has 0 N–H and O–H groups in total. The van der Waals surface area contributed by atoms with Crippen LogP contribution in [0, 0.1) is 23.2 Å². The van der Waals surface area contributed by atoms with E-state index in [1.54, 1.807) is 0 Å². The first-order valence-electron chi connectivity index (χ1n) is 8.94. The standard InChI is InChI=1S/C19H30O2/c1-4-6-13(3)18(20)21-17(5-2)19-10-14-7-15(11-19)9-16(8-14)12-19/h6,14-17H,4-5,7-12H2,1-3H3/b13-6+. The highest BCUT2D eigenvalue weighted by molar-refractivity contribution is 5.87. The molecule has 0 aromatic carbocycles. The number of carbonyl (C=O) groups is 1. The molecule has 0 saturated heterocycles. The van der Waals surface area contributed by atoms with Crippen molar-refractivity contribution in [2.45, 2.75) is 78.2 Å². The van der Waals surface area contributed by atoms with Crippen LogP contribution in [0.1, 0.15) is 72.1 Å². The van der Waals surface area contributed by atoms with E-state index in [0.29, 0.717) is 5.41 Å². The van der Waals surface area contributed by atoms with Gasteiger partial charge in [-0.1, -0.05) is 19.9 Å². The van der Waals surface area contributed by atoms with E-state index >= 15 is 0 Å². The lowest BCUT2D eigenvalue weighted by Gasteiger charge is -2.58. The lowest BCUT2D eigenvalue weighted by atomic mass is 9.48. The third kappa shape index (κ3) is 2.78. The summed E-state index contributed by atoms with van der Waals surface area (Å²) in [4.78, 5) is 12.3. The second-order valence-corrected chi connectivity index (χ2v) is 7.88. The molecule has 2 nitrogen and oxygen atoms in total. The monoisotopic (exact) mass is 290 g/mol. The molecule has 4 bridgehead atoms. The van der Waals surface area contributed by atoms with Crippen molar-refractivity contribution in [3.05, 3.63) is 11.6 Å². The molecule has 1 atom stereocenters. The SMILES string of the molecule is CC/C=C(\C)C(=O)OC(CC)C12CC3CC(CC(C3)C1)C2. The smallest absolute Gasteiger partial charge is 0.333 e. The highest BCUT2D eigenvalue weighted by Gasteiger charge is 2.54. The molecule has 0 aliphatic heterocycles. The molecule has 1 unspecified atom stereocenters. The van der Waals surface area contributed by atoms with Crippen LogP contribution < -0.4 is 0 Å². The van der Waals surface area contributed by atoms with Gasteiger partial charge in [0.1, 0.15) is 6.10 Å². The van der Waals surface area contributed by atoms with E-state index in [-0.39, 0.29) is 12.1 Å². The van der Waals surface area contributed by atoms with E-state index in [1.165, 1.54) is 38.5 Å². The normalized spacial score (nSPS) is 39.4. The van der Waals surface area contributed by atoms with Crippen molar-refractivity contribution in [3.8, 4) is 0 Å². The molecule has 0 spiro atoms. The van der Waals surface area contributed by atoms with Crippen molar-refractivity contribution in [2.24, 2.45) is 23.2 Å². The largest absolute Gasteiger partial charge is 0.458 e. The number of rotatable bonds is 5. The molecule has 0 radical (unpaired) electrons. The fourth-order valence-electron chi connectivity index (χ4n) is 5.82. The average Bonchev–Trinajstić information content (AvgIpc) is 2.43. The topological polar surface area (TPSA) is 26.3 Å². The molecule has 4 saturated carbocycles. The van der Waals surface area contributed by atoms with E-state index in [4.69, 9.17) is 4.74 Å². The second-order valence-electron chi connectivity index (χ2n) is 7.88. The Labute approximate surface area is 129 Å². The van der Waals surface area contributed by atoms with Gasteiger partial charge in [0.2, 0.25) is 0 Å². The molecule has 118 valence electrons. The minimum absolute atomic E-state index is 0.0838. The molecule has 0 heterocycles. The van der Waals surface area contributed by atoms with Gasteiger partial charge in [-0.3, -0.25) is 0 Å². The Morgan fingerprint density at radius 1 is 1.14 bits per heavy atom. The van der Waals surface area contributed by atoms with Crippen molar-refractivity contribution < 1.29 is 9.53 Å². The molecule has 21 heavy (non-hydrogen) atoms. The number of carbonyl (C=O) groups excluding carboxylic acids is 1. The van der Waals surface area contributed by atoms with Crippen molar-refractivity contribution >= 4 is 5.97 Å². The molecule has 0 aromatic heterocycles. The minimum Gasteiger partial charge on any atom is -0.458 e. The highest BCUT2D eigenvalue weighted by atomic mass is 16.5. The third-order valence-electron chi connectivity index (χ3n) is 6.22. The Balaban J connectivity index is 1.74. The lowest BCUT2D eigenvalue weighted by Crippen LogP contribution is -2.52. The van der Waals surface area contributed by atoms with Gasteiger partial charge in [-0.05, 0) is 76.0 Å². The zero-order chi connectivity index (χ0) is 15.0. The van der Waals surface area contributed by atoms with E-state index < -0.39 is 0 Å². The van der Waals surface area contributed by atoms with Crippen LogP contribution in [0.5, 0.6) is 0 Å². The first-order chi connectivity index (χ1) is 10.1. The maximum atomic E-state index is 12.3. The summed E-state index contributed by atoms with van der Waals surface area (Å²) in [6.07, 6.45) is 12.2. The molecular formula is C19H30O2. The number of ether oxygens (including phenoxy) is 1. The highest BCUT2D eigenvalue weighted by Crippen LogP contribution is 2.62. The molecule has 2 heteroatoms. The van der Waals surface area contributed by atoms with Gasteiger partial charge in [0.25, 0.3) is 0 Å². The predicted molar refractivity (Wildman–Crippen MR) is 84.8 cm³/mol. The minimum atomic E-state index is -0.0838. The van der Waals surface area contributed by atoms with Gasteiger partial charge in [0.05, 0.1) is 0 Å². The van der Waals surface area contributed by atoms with Crippen LogP contribution >= 0.6 is 0 Å². The second kappa shape index (κ2) is 5.78. The summed E-state index contributed by atoms with van der Waals surface area (Å²) < 4.78 is 5.99. The van der Waals surface area contributed by atoms with Crippen molar-refractivity contribution in [3.63, 3.8) is 0 Å². The summed E-state index contributed by atoms with van der Waals surface area (Å²) in [5.74, 6) is 2.66. The average molecular weight is 290 g/mol. The molecule has 4 fully saturated rings. The zero-order valence-corrected chi connectivity index (χ0v) is 13.9. The van der Waals surface area contributed by atoms with Gasteiger partial charge in [-0.15, -0.1) is 0 Å². The van der Waals surface area contributed by atoms with Gasteiger partial charge < -0.3 is 4.74 Å². The Kier molecular flexibility index (Phi) is 4.16. The van der Waals surface area contributed by atoms with Crippen molar-refractivity contribution in [1.82, 2.24) is 0 Å². The maximum absolute atomic E-state index is 12.3. The van der Waals surface area contributed by atoms with Crippen LogP contribution in [0.15, 0.2) is 11.6 Å². The van der Waals surface area contributed by atoms with Gasteiger partial charge in [0, 0.05) is 11.0 Å². The summed E-state index contributed by atoms with van der Waals surface area (Å²) in [7, 11) is 0. The van der Waals surface area contributed by atoms with Crippen LogP contribution in [-0.4, -0.2) is 12.1 Å².